The minimum atomic E-state index is -0.337. The first kappa shape index (κ1) is 14.0. The Morgan fingerprint density at radius 3 is 2.84 bits per heavy atom. The summed E-state index contributed by atoms with van der Waals surface area (Å²) in [6.45, 7) is 4.21. The highest BCUT2D eigenvalue weighted by molar-refractivity contribution is 6.32. The summed E-state index contributed by atoms with van der Waals surface area (Å²) in [6.07, 6.45) is 4.14. The molecular weight excluding hydrogens is 265 g/mol. The molecule has 0 saturated heterocycles. The lowest BCUT2D eigenvalue weighted by Gasteiger charge is -2.17. The van der Waals surface area contributed by atoms with Crippen LogP contribution in [0, 0.1) is 11.7 Å². The molecule has 0 aliphatic heterocycles. The minimum absolute atomic E-state index is 0.151. The summed E-state index contributed by atoms with van der Waals surface area (Å²) < 4.78 is 15.1. The first-order chi connectivity index (χ1) is 8.99. The van der Waals surface area contributed by atoms with Crippen molar-refractivity contribution in [1.29, 1.82) is 0 Å². The molecule has 0 fully saturated rings. The van der Waals surface area contributed by atoms with Crippen molar-refractivity contribution in [2.45, 2.75) is 26.3 Å². The van der Waals surface area contributed by atoms with Crippen molar-refractivity contribution < 1.29 is 4.39 Å². The topological polar surface area (TPSA) is 43.8 Å². The Bertz CT molecular complexity index is 566. The molecule has 0 radical (unpaired) electrons. The van der Waals surface area contributed by atoms with E-state index in [4.69, 9.17) is 17.3 Å². The van der Waals surface area contributed by atoms with Crippen LogP contribution < -0.4 is 5.73 Å². The van der Waals surface area contributed by atoms with Gasteiger partial charge in [-0.1, -0.05) is 25.4 Å². The van der Waals surface area contributed by atoms with E-state index in [1.807, 2.05) is 0 Å². The number of imidazole rings is 1. The van der Waals surface area contributed by atoms with E-state index in [9.17, 15) is 4.39 Å². The van der Waals surface area contributed by atoms with Crippen LogP contribution >= 0.6 is 11.6 Å². The zero-order valence-electron chi connectivity index (χ0n) is 11.0. The molecule has 2 rings (SSSR count). The van der Waals surface area contributed by atoms with Crippen LogP contribution in [0.25, 0.3) is 5.69 Å². The molecule has 2 N–H and O–H groups in total. The molecule has 1 unspecified atom stereocenters. The lowest BCUT2D eigenvalue weighted by Crippen LogP contribution is -2.16. The van der Waals surface area contributed by atoms with Crippen LogP contribution in [-0.4, -0.2) is 9.55 Å². The van der Waals surface area contributed by atoms with Gasteiger partial charge >= 0.3 is 0 Å². The van der Waals surface area contributed by atoms with Crippen LogP contribution in [0.5, 0.6) is 0 Å². The normalized spacial score (nSPS) is 12.9. The Hall–Kier alpha value is -1.39. The van der Waals surface area contributed by atoms with Crippen LogP contribution in [0.1, 0.15) is 32.0 Å². The zero-order valence-corrected chi connectivity index (χ0v) is 11.7. The van der Waals surface area contributed by atoms with Crippen LogP contribution in [0.2, 0.25) is 5.02 Å². The van der Waals surface area contributed by atoms with Gasteiger partial charge in [-0.25, -0.2) is 9.37 Å². The Morgan fingerprint density at radius 1 is 1.42 bits per heavy atom. The van der Waals surface area contributed by atoms with Crippen molar-refractivity contribution in [3.63, 3.8) is 0 Å². The SMILES string of the molecule is CC(C)CC(N)c1cncn1-c1cc(F)ccc1Cl. The van der Waals surface area contributed by atoms with Crippen molar-refractivity contribution in [2.75, 3.05) is 0 Å². The van der Waals surface area contributed by atoms with Crippen molar-refractivity contribution in [3.8, 4) is 5.69 Å². The average Bonchev–Trinajstić information content (AvgIpc) is 2.80. The van der Waals surface area contributed by atoms with Crippen LogP contribution in [0.3, 0.4) is 0 Å². The predicted molar refractivity (Wildman–Crippen MR) is 74.9 cm³/mol. The number of nitrogens with zero attached hydrogens (tertiary/aromatic N) is 2. The van der Waals surface area contributed by atoms with E-state index >= 15 is 0 Å². The van der Waals surface area contributed by atoms with Crippen molar-refractivity contribution >= 4 is 11.6 Å². The number of hydrogen-bond acceptors (Lipinski definition) is 2. The summed E-state index contributed by atoms with van der Waals surface area (Å²) in [6, 6.07) is 4.10. The number of nitrogens with two attached hydrogens (primary N) is 1. The highest BCUT2D eigenvalue weighted by Gasteiger charge is 2.16. The van der Waals surface area contributed by atoms with Gasteiger partial charge in [0.2, 0.25) is 0 Å². The van der Waals surface area contributed by atoms with Gasteiger partial charge in [0.05, 0.1) is 28.9 Å². The van der Waals surface area contributed by atoms with E-state index < -0.39 is 0 Å². The van der Waals surface area contributed by atoms with Crippen molar-refractivity contribution in [3.05, 3.63) is 47.3 Å². The molecule has 0 saturated carbocycles. The Balaban J connectivity index is 2.41. The second kappa shape index (κ2) is 5.72. The second-order valence-electron chi connectivity index (χ2n) is 5.02. The number of aromatic nitrogens is 2. The molecule has 0 bridgehead atoms. The van der Waals surface area contributed by atoms with E-state index in [1.54, 1.807) is 17.1 Å². The van der Waals surface area contributed by atoms with Gasteiger partial charge in [-0.05, 0) is 30.5 Å². The van der Waals surface area contributed by atoms with Gasteiger partial charge in [-0.15, -0.1) is 0 Å². The van der Waals surface area contributed by atoms with E-state index in [2.05, 4.69) is 18.8 Å². The third kappa shape index (κ3) is 3.14. The lowest BCUT2D eigenvalue weighted by molar-refractivity contribution is 0.497. The third-order valence-electron chi connectivity index (χ3n) is 2.94. The Kier molecular flexibility index (Phi) is 4.22. The van der Waals surface area contributed by atoms with Crippen molar-refractivity contribution in [2.24, 2.45) is 11.7 Å². The number of halogens is 2. The zero-order chi connectivity index (χ0) is 14.0. The lowest BCUT2D eigenvalue weighted by atomic mass is 10.0. The van der Waals surface area contributed by atoms with E-state index in [0.29, 0.717) is 16.6 Å². The smallest absolute Gasteiger partial charge is 0.125 e. The molecule has 0 aliphatic rings. The molecule has 1 aromatic heterocycles. The average molecular weight is 282 g/mol. The largest absolute Gasteiger partial charge is 0.323 e. The van der Waals surface area contributed by atoms with E-state index in [-0.39, 0.29) is 11.9 Å². The van der Waals surface area contributed by atoms with Crippen LogP contribution in [-0.2, 0) is 0 Å². The van der Waals surface area contributed by atoms with Gasteiger partial charge in [-0.2, -0.15) is 0 Å². The molecule has 3 nitrogen and oxygen atoms in total. The second-order valence-corrected chi connectivity index (χ2v) is 5.43. The number of hydrogen-bond donors (Lipinski definition) is 1. The monoisotopic (exact) mass is 281 g/mol. The Labute approximate surface area is 117 Å². The summed E-state index contributed by atoms with van der Waals surface area (Å²) in [4.78, 5) is 4.10. The quantitative estimate of drug-likeness (QED) is 0.928. The fourth-order valence-corrected chi connectivity index (χ4v) is 2.29. The number of rotatable bonds is 4. The number of benzene rings is 1. The third-order valence-corrected chi connectivity index (χ3v) is 3.26. The molecule has 0 spiro atoms. The molecule has 2 aromatic rings. The maximum absolute atomic E-state index is 13.4. The Morgan fingerprint density at radius 2 is 2.16 bits per heavy atom. The molecule has 1 aromatic carbocycles. The maximum Gasteiger partial charge on any atom is 0.125 e. The summed E-state index contributed by atoms with van der Waals surface area (Å²) >= 11 is 6.11. The highest BCUT2D eigenvalue weighted by Crippen LogP contribution is 2.26. The molecule has 0 aliphatic carbocycles. The van der Waals surface area contributed by atoms with E-state index in [1.165, 1.54) is 18.2 Å². The summed E-state index contributed by atoms with van der Waals surface area (Å²) in [5, 5.41) is 0.470. The van der Waals surface area contributed by atoms with Gasteiger partial charge in [0.15, 0.2) is 0 Å². The highest BCUT2D eigenvalue weighted by atomic mass is 35.5. The first-order valence-corrected chi connectivity index (χ1v) is 6.60. The molecule has 1 heterocycles. The standard InChI is InChI=1S/C14H17ClFN3/c1-9(2)5-12(17)14-7-18-8-19(14)13-6-10(16)3-4-11(13)15/h3-4,6-9,12H,5,17H2,1-2H3. The van der Waals surface area contributed by atoms with Gasteiger partial charge in [-0.3, -0.25) is 0 Å². The van der Waals surface area contributed by atoms with Gasteiger partial charge in [0.25, 0.3) is 0 Å². The van der Waals surface area contributed by atoms with Gasteiger partial charge < -0.3 is 10.3 Å². The van der Waals surface area contributed by atoms with Crippen LogP contribution in [0.15, 0.2) is 30.7 Å². The molecule has 19 heavy (non-hydrogen) atoms. The summed E-state index contributed by atoms with van der Waals surface area (Å²) in [7, 11) is 0. The summed E-state index contributed by atoms with van der Waals surface area (Å²) in [5.74, 6) is 0.137. The molecule has 1 atom stereocenters. The first-order valence-electron chi connectivity index (χ1n) is 6.22. The van der Waals surface area contributed by atoms with Gasteiger partial charge in [0, 0.05) is 6.04 Å². The predicted octanol–water partition coefficient (Wildman–Crippen LogP) is 3.71. The van der Waals surface area contributed by atoms with E-state index in [0.717, 1.165) is 12.1 Å². The molecule has 102 valence electrons. The van der Waals surface area contributed by atoms with Crippen LogP contribution in [0.4, 0.5) is 4.39 Å². The molecule has 0 amide bonds. The maximum atomic E-state index is 13.4. The molecular formula is C14H17ClFN3. The summed E-state index contributed by atoms with van der Waals surface area (Å²) in [5.41, 5.74) is 7.57. The fraction of sp³-hybridized carbons (Fsp3) is 0.357. The van der Waals surface area contributed by atoms with Gasteiger partial charge in [0.1, 0.15) is 5.82 Å². The fourth-order valence-electron chi connectivity index (χ4n) is 2.08. The molecule has 5 heteroatoms. The van der Waals surface area contributed by atoms with Crippen molar-refractivity contribution in [1.82, 2.24) is 9.55 Å². The minimum Gasteiger partial charge on any atom is -0.323 e.